The highest BCUT2D eigenvalue weighted by Crippen LogP contribution is 2.39. The Balaban J connectivity index is 1.44. The average Bonchev–Trinajstić information content (AvgIpc) is 3.22. The number of methoxy groups -OCH3 is 2. The van der Waals surface area contributed by atoms with Crippen molar-refractivity contribution in [1.82, 2.24) is 9.80 Å². The molecule has 1 amide bonds. The van der Waals surface area contributed by atoms with Gasteiger partial charge in [-0.2, -0.15) is 0 Å². The van der Waals surface area contributed by atoms with E-state index >= 15 is 0 Å². The first kappa shape index (κ1) is 21.8. The van der Waals surface area contributed by atoms with E-state index in [4.69, 9.17) is 19.2 Å². The topological polar surface area (TPSA) is 63.6 Å². The number of hydrogen-bond donors (Lipinski definition) is 0. The second-order valence-electron chi connectivity index (χ2n) is 8.23. The molecule has 34 heavy (non-hydrogen) atoms. The molecule has 0 spiro atoms. The van der Waals surface area contributed by atoms with Crippen LogP contribution in [0, 0.1) is 0 Å². The summed E-state index contributed by atoms with van der Waals surface area (Å²) < 4.78 is 17.0. The van der Waals surface area contributed by atoms with Gasteiger partial charge in [-0.1, -0.05) is 18.2 Å². The monoisotopic (exact) mass is 457 g/mol. The lowest BCUT2D eigenvalue weighted by molar-refractivity contribution is 0.0763. The van der Waals surface area contributed by atoms with Crippen LogP contribution in [0.4, 0.5) is 5.69 Å². The van der Waals surface area contributed by atoms with Crippen molar-refractivity contribution in [3.05, 3.63) is 77.9 Å². The lowest BCUT2D eigenvalue weighted by Crippen LogP contribution is -2.37. The van der Waals surface area contributed by atoms with Crippen LogP contribution in [0.3, 0.4) is 0 Å². The molecule has 0 saturated carbocycles. The fourth-order valence-corrected chi connectivity index (χ4v) is 4.34. The van der Waals surface area contributed by atoms with Crippen molar-refractivity contribution < 1.29 is 19.0 Å². The van der Waals surface area contributed by atoms with Crippen molar-refractivity contribution in [3.8, 4) is 23.0 Å². The molecule has 0 aromatic heterocycles. The molecule has 0 atom stereocenters. The van der Waals surface area contributed by atoms with Crippen molar-refractivity contribution in [2.45, 2.75) is 6.42 Å². The normalized spacial score (nSPS) is 15.2. The van der Waals surface area contributed by atoms with E-state index in [0.717, 1.165) is 41.6 Å². The predicted molar refractivity (Wildman–Crippen MR) is 131 cm³/mol. The molecule has 0 N–H and O–H groups in total. The Morgan fingerprint density at radius 1 is 0.853 bits per heavy atom. The number of amides is 1. The highest BCUT2D eigenvalue weighted by atomic mass is 16.5. The van der Waals surface area contributed by atoms with Crippen LogP contribution < -0.4 is 14.2 Å². The van der Waals surface area contributed by atoms with Crippen LogP contribution in [-0.2, 0) is 0 Å². The van der Waals surface area contributed by atoms with Gasteiger partial charge in [-0.15, -0.1) is 0 Å². The van der Waals surface area contributed by atoms with Crippen LogP contribution in [0.15, 0.2) is 71.7 Å². The van der Waals surface area contributed by atoms with E-state index in [2.05, 4.69) is 4.90 Å². The van der Waals surface area contributed by atoms with Crippen LogP contribution in [0.1, 0.15) is 22.3 Å². The fourth-order valence-electron chi connectivity index (χ4n) is 4.34. The lowest BCUT2D eigenvalue weighted by Gasteiger charge is -2.25. The Labute approximate surface area is 199 Å². The summed E-state index contributed by atoms with van der Waals surface area (Å²) in [6.45, 7) is 2.71. The van der Waals surface area contributed by atoms with Gasteiger partial charge in [0.1, 0.15) is 28.8 Å². The van der Waals surface area contributed by atoms with E-state index < -0.39 is 0 Å². The third-order valence-corrected chi connectivity index (χ3v) is 6.14. The molecule has 2 heterocycles. The van der Waals surface area contributed by atoms with Crippen LogP contribution >= 0.6 is 0 Å². The number of carbonyl (C=O) groups is 1. The van der Waals surface area contributed by atoms with Gasteiger partial charge in [0.15, 0.2) is 5.75 Å². The Morgan fingerprint density at radius 3 is 2.53 bits per heavy atom. The minimum atomic E-state index is 0.0132. The molecule has 3 aromatic carbocycles. The largest absolute Gasteiger partial charge is 0.497 e. The first-order valence-corrected chi connectivity index (χ1v) is 11.4. The van der Waals surface area contributed by atoms with E-state index in [0.29, 0.717) is 36.7 Å². The number of benzene rings is 3. The molecule has 2 aliphatic heterocycles. The SMILES string of the molecule is COc1cccc(C(=O)N2CCCN(C3=Nc4ccccc4Oc4ccc(OC)cc43)CC2)c1. The molecule has 0 bridgehead atoms. The molecule has 7 heteroatoms. The van der Waals surface area contributed by atoms with Crippen molar-refractivity contribution in [2.75, 3.05) is 40.4 Å². The standard InChI is InChI=1S/C27H27N3O4/c1-32-20-8-5-7-19(17-20)27(31)30-14-6-13-29(15-16-30)26-22-18-21(33-2)11-12-24(22)34-25-10-4-3-9-23(25)28-26/h3-5,7-12,17-18H,6,13-16H2,1-2H3. The zero-order chi connectivity index (χ0) is 23.5. The smallest absolute Gasteiger partial charge is 0.254 e. The van der Waals surface area contributed by atoms with Gasteiger partial charge in [-0.3, -0.25) is 4.79 Å². The van der Waals surface area contributed by atoms with Gasteiger partial charge in [0.25, 0.3) is 5.91 Å². The van der Waals surface area contributed by atoms with Crippen LogP contribution in [0.25, 0.3) is 0 Å². The maximum Gasteiger partial charge on any atom is 0.254 e. The number of fused-ring (bicyclic) bond motifs is 2. The molecule has 3 aromatic rings. The zero-order valence-corrected chi connectivity index (χ0v) is 19.4. The minimum absolute atomic E-state index is 0.0132. The molecule has 5 rings (SSSR count). The Bertz CT molecular complexity index is 1240. The summed E-state index contributed by atoms with van der Waals surface area (Å²) in [5.41, 5.74) is 2.29. The van der Waals surface area contributed by atoms with Crippen molar-refractivity contribution in [1.29, 1.82) is 0 Å². The average molecular weight is 458 g/mol. The Morgan fingerprint density at radius 2 is 1.68 bits per heavy atom. The van der Waals surface area contributed by atoms with E-state index in [-0.39, 0.29) is 5.91 Å². The summed E-state index contributed by atoms with van der Waals surface area (Å²) in [7, 11) is 3.26. The summed E-state index contributed by atoms with van der Waals surface area (Å²) >= 11 is 0. The molecule has 0 unspecified atom stereocenters. The highest BCUT2D eigenvalue weighted by Gasteiger charge is 2.27. The van der Waals surface area contributed by atoms with Gasteiger partial charge in [0, 0.05) is 31.7 Å². The van der Waals surface area contributed by atoms with Crippen LogP contribution in [0.5, 0.6) is 23.0 Å². The third kappa shape index (κ3) is 4.29. The molecule has 0 radical (unpaired) electrons. The van der Waals surface area contributed by atoms with Gasteiger partial charge >= 0.3 is 0 Å². The number of nitrogens with zero attached hydrogens (tertiary/aromatic N) is 3. The maximum absolute atomic E-state index is 13.2. The van der Waals surface area contributed by atoms with E-state index in [1.54, 1.807) is 20.3 Å². The van der Waals surface area contributed by atoms with E-state index in [1.165, 1.54) is 0 Å². The summed E-state index contributed by atoms with van der Waals surface area (Å²) in [6.07, 6.45) is 0.830. The third-order valence-electron chi connectivity index (χ3n) is 6.14. The quantitative estimate of drug-likeness (QED) is 0.569. The maximum atomic E-state index is 13.2. The molecule has 2 aliphatic rings. The number of ether oxygens (including phenoxy) is 3. The van der Waals surface area contributed by atoms with Crippen molar-refractivity contribution in [3.63, 3.8) is 0 Å². The molecular weight excluding hydrogens is 430 g/mol. The summed E-state index contributed by atoms with van der Waals surface area (Å²) in [6, 6.07) is 20.9. The first-order chi connectivity index (χ1) is 16.7. The van der Waals surface area contributed by atoms with Gasteiger partial charge in [-0.25, -0.2) is 4.99 Å². The van der Waals surface area contributed by atoms with Crippen molar-refractivity contribution in [2.24, 2.45) is 4.99 Å². The number of amidine groups is 1. The van der Waals surface area contributed by atoms with E-state index in [1.807, 2.05) is 65.6 Å². The number of carbonyl (C=O) groups excluding carboxylic acids is 1. The lowest BCUT2D eigenvalue weighted by atomic mass is 10.1. The number of hydrogen-bond acceptors (Lipinski definition) is 6. The molecular formula is C27H27N3O4. The molecule has 1 saturated heterocycles. The summed E-state index contributed by atoms with van der Waals surface area (Å²) in [5, 5.41) is 0. The van der Waals surface area contributed by atoms with Crippen molar-refractivity contribution >= 4 is 17.4 Å². The summed E-state index contributed by atoms with van der Waals surface area (Å²) in [5.74, 6) is 3.71. The number of aliphatic imine (C=N–C) groups is 1. The number of rotatable bonds is 3. The van der Waals surface area contributed by atoms with Gasteiger partial charge < -0.3 is 24.0 Å². The minimum Gasteiger partial charge on any atom is -0.497 e. The molecule has 7 nitrogen and oxygen atoms in total. The second-order valence-corrected chi connectivity index (χ2v) is 8.23. The molecule has 1 fully saturated rings. The first-order valence-electron chi connectivity index (χ1n) is 11.4. The van der Waals surface area contributed by atoms with E-state index in [9.17, 15) is 4.79 Å². The zero-order valence-electron chi connectivity index (χ0n) is 19.4. The van der Waals surface area contributed by atoms with Crippen LogP contribution in [0.2, 0.25) is 0 Å². The molecule has 0 aliphatic carbocycles. The highest BCUT2D eigenvalue weighted by molar-refractivity contribution is 6.04. The van der Waals surface area contributed by atoms with Crippen LogP contribution in [-0.4, -0.2) is 61.9 Å². The fraction of sp³-hybridized carbons (Fsp3) is 0.259. The summed E-state index contributed by atoms with van der Waals surface area (Å²) in [4.78, 5) is 22.3. The van der Waals surface area contributed by atoms with Gasteiger partial charge in [-0.05, 0) is 55.0 Å². The Kier molecular flexibility index (Phi) is 6.08. The van der Waals surface area contributed by atoms with Gasteiger partial charge in [0.2, 0.25) is 0 Å². The number of para-hydroxylation sites is 2. The Hall–Kier alpha value is -4.00. The predicted octanol–water partition coefficient (Wildman–Crippen LogP) is 4.74. The second kappa shape index (κ2) is 9.47. The van der Waals surface area contributed by atoms with Gasteiger partial charge in [0.05, 0.1) is 19.8 Å². The molecule has 174 valence electrons.